The molecule has 0 aliphatic rings. The molecule has 0 atom stereocenters. The van der Waals surface area contributed by atoms with Crippen LogP contribution in [0.2, 0.25) is 0 Å². The summed E-state index contributed by atoms with van der Waals surface area (Å²) in [7, 11) is 3.10. The maximum atomic E-state index is 13.6. The predicted molar refractivity (Wildman–Crippen MR) is 107 cm³/mol. The van der Waals surface area contributed by atoms with E-state index in [1.807, 2.05) is 14.0 Å². The molecule has 0 spiro atoms. The van der Waals surface area contributed by atoms with Crippen LogP contribution in [0.1, 0.15) is 35.6 Å². The summed E-state index contributed by atoms with van der Waals surface area (Å²) in [4.78, 5) is 12.0. The standard InChI is InChI=1S/C19H22BrFN4O2/c1-5-15-18(20)17(25(3)24-15)10-13(8-11(2)22)23-16-7-6-12(21)9-14(16)19(26)27-4/h6-9,22-23H,5,10H2,1-4H3/b13-8-,22-11?. The van der Waals surface area contributed by atoms with E-state index in [1.54, 1.807) is 17.7 Å². The van der Waals surface area contributed by atoms with Crippen molar-refractivity contribution in [1.82, 2.24) is 9.78 Å². The van der Waals surface area contributed by atoms with Gasteiger partial charge in [-0.2, -0.15) is 5.10 Å². The molecular weight excluding hydrogens is 415 g/mol. The Morgan fingerprint density at radius 1 is 1.48 bits per heavy atom. The van der Waals surface area contributed by atoms with Crippen molar-refractivity contribution in [1.29, 1.82) is 5.41 Å². The number of nitrogens with one attached hydrogen (secondary N) is 2. The van der Waals surface area contributed by atoms with Gasteiger partial charge >= 0.3 is 5.97 Å². The molecule has 0 aliphatic carbocycles. The van der Waals surface area contributed by atoms with E-state index in [2.05, 4.69) is 26.3 Å². The first kappa shape index (κ1) is 20.8. The van der Waals surface area contributed by atoms with Crippen molar-refractivity contribution in [3.8, 4) is 0 Å². The molecule has 1 heterocycles. The van der Waals surface area contributed by atoms with Crippen LogP contribution in [0.5, 0.6) is 0 Å². The number of esters is 1. The molecule has 1 aromatic carbocycles. The van der Waals surface area contributed by atoms with Crippen molar-refractivity contribution >= 4 is 33.3 Å². The Bertz CT molecular complexity index is 905. The number of hydrogen-bond donors (Lipinski definition) is 2. The van der Waals surface area contributed by atoms with Gasteiger partial charge in [0.05, 0.1) is 34.2 Å². The van der Waals surface area contributed by atoms with Gasteiger partial charge in [-0.15, -0.1) is 0 Å². The maximum absolute atomic E-state index is 13.6. The van der Waals surface area contributed by atoms with E-state index >= 15 is 0 Å². The summed E-state index contributed by atoms with van der Waals surface area (Å²) < 4.78 is 21.0. The van der Waals surface area contributed by atoms with Crippen LogP contribution >= 0.6 is 15.9 Å². The molecule has 0 unspecified atom stereocenters. The predicted octanol–water partition coefficient (Wildman–Crippen LogP) is 4.25. The summed E-state index contributed by atoms with van der Waals surface area (Å²) in [6.45, 7) is 3.68. The highest BCUT2D eigenvalue weighted by atomic mass is 79.9. The Balaban J connectivity index is 2.42. The van der Waals surface area contributed by atoms with E-state index in [1.165, 1.54) is 19.2 Å². The zero-order chi connectivity index (χ0) is 20.1. The molecule has 2 rings (SSSR count). The van der Waals surface area contributed by atoms with Crippen molar-refractivity contribution in [3.63, 3.8) is 0 Å². The first-order valence-electron chi connectivity index (χ1n) is 8.37. The van der Waals surface area contributed by atoms with Crippen molar-refractivity contribution in [2.24, 2.45) is 7.05 Å². The average molecular weight is 437 g/mol. The van der Waals surface area contributed by atoms with Gasteiger partial charge in [-0.1, -0.05) is 6.92 Å². The van der Waals surface area contributed by atoms with Crippen LogP contribution in [0.4, 0.5) is 10.1 Å². The molecule has 0 fully saturated rings. The number of aryl methyl sites for hydroxylation is 2. The number of nitrogens with zero attached hydrogens (tertiary/aromatic N) is 2. The van der Waals surface area contributed by atoms with E-state index in [9.17, 15) is 9.18 Å². The molecule has 0 aliphatic heterocycles. The van der Waals surface area contributed by atoms with Gasteiger partial charge in [0.15, 0.2) is 0 Å². The third kappa shape index (κ3) is 5.03. The molecule has 1 aromatic heterocycles. The lowest BCUT2D eigenvalue weighted by atomic mass is 10.1. The van der Waals surface area contributed by atoms with E-state index in [0.29, 0.717) is 23.5 Å². The Morgan fingerprint density at radius 2 is 2.19 bits per heavy atom. The highest BCUT2D eigenvalue weighted by Gasteiger charge is 2.17. The number of carbonyl (C=O) groups excluding carboxylic acids is 1. The van der Waals surface area contributed by atoms with Gasteiger partial charge in [0.2, 0.25) is 0 Å². The molecule has 0 radical (unpaired) electrons. The number of allylic oxidation sites excluding steroid dienone is 2. The van der Waals surface area contributed by atoms with Gasteiger partial charge in [-0.3, -0.25) is 4.68 Å². The number of aromatic nitrogens is 2. The first-order chi connectivity index (χ1) is 12.8. The minimum Gasteiger partial charge on any atom is -0.465 e. The van der Waals surface area contributed by atoms with Crippen LogP contribution in [0.15, 0.2) is 34.4 Å². The van der Waals surface area contributed by atoms with Gasteiger partial charge in [0.25, 0.3) is 0 Å². The number of halogens is 2. The van der Waals surface area contributed by atoms with Crippen LogP contribution in [0, 0.1) is 11.2 Å². The van der Waals surface area contributed by atoms with E-state index < -0.39 is 11.8 Å². The zero-order valence-electron chi connectivity index (χ0n) is 15.7. The highest BCUT2D eigenvalue weighted by Crippen LogP contribution is 2.26. The molecule has 2 aromatic rings. The fourth-order valence-electron chi connectivity index (χ4n) is 2.66. The van der Waals surface area contributed by atoms with Crippen LogP contribution in [0.3, 0.4) is 0 Å². The molecule has 0 bridgehead atoms. The highest BCUT2D eigenvalue weighted by molar-refractivity contribution is 9.10. The summed E-state index contributed by atoms with van der Waals surface area (Å²) in [5.41, 5.74) is 3.37. The normalized spacial score (nSPS) is 11.4. The molecular formula is C19H22BrFN4O2. The third-order valence-corrected chi connectivity index (χ3v) is 4.85. The molecule has 0 saturated carbocycles. The fraction of sp³-hybridized carbons (Fsp3) is 0.316. The minimum atomic E-state index is -0.641. The van der Waals surface area contributed by atoms with Crippen molar-refractivity contribution in [2.75, 3.05) is 12.4 Å². The number of benzene rings is 1. The van der Waals surface area contributed by atoms with Gasteiger partial charge in [0.1, 0.15) is 5.82 Å². The second-order valence-corrected chi connectivity index (χ2v) is 6.81. The number of carbonyl (C=O) groups is 1. The zero-order valence-corrected chi connectivity index (χ0v) is 17.3. The lowest BCUT2D eigenvalue weighted by Crippen LogP contribution is -2.12. The van der Waals surface area contributed by atoms with E-state index in [4.69, 9.17) is 10.1 Å². The van der Waals surface area contributed by atoms with Gasteiger partial charge in [0, 0.05) is 24.9 Å². The largest absolute Gasteiger partial charge is 0.465 e. The third-order valence-electron chi connectivity index (χ3n) is 3.93. The molecule has 2 N–H and O–H groups in total. The average Bonchev–Trinajstić information content (AvgIpc) is 2.89. The number of hydrogen-bond acceptors (Lipinski definition) is 5. The van der Waals surface area contributed by atoms with Crippen molar-refractivity contribution in [3.05, 3.63) is 57.2 Å². The van der Waals surface area contributed by atoms with Gasteiger partial charge < -0.3 is 15.5 Å². The van der Waals surface area contributed by atoms with Crippen molar-refractivity contribution in [2.45, 2.75) is 26.7 Å². The number of anilines is 1. The molecule has 6 nitrogen and oxygen atoms in total. The monoisotopic (exact) mass is 436 g/mol. The number of rotatable bonds is 7. The van der Waals surface area contributed by atoms with Crippen LogP contribution in [-0.4, -0.2) is 28.6 Å². The summed E-state index contributed by atoms with van der Waals surface area (Å²) in [5, 5.41) is 15.4. The lowest BCUT2D eigenvalue weighted by molar-refractivity contribution is 0.0601. The molecule has 8 heteroatoms. The lowest BCUT2D eigenvalue weighted by Gasteiger charge is -2.15. The Labute approximate surface area is 166 Å². The maximum Gasteiger partial charge on any atom is 0.340 e. The van der Waals surface area contributed by atoms with Crippen LogP contribution in [-0.2, 0) is 24.6 Å². The van der Waals surface area contributed by atoms with Crippen molar-refractivity contribution < 1.29 is 13.9 Å². The summed E-state index contributed by atoms with van der Waals surface area (Å²) >= 11 is 3.59. The van der Waals surface area contributed by atoms with Gasteiger partial charge in [-0.05, 0) is 53.5 Å². The molecule has 0 amide bonds. The number of methoxy groups -OCH3 is 1. The summed E-state index contributed by atoms with van der Waals surface area (Å²) in [5.74, 6) is -1.17. The Hall–Kier alpha value is -2.48. The van der Waals surface area contributed by atoms with Crippen LogP contribution < -0.4 is 5.32 Å². The minimum absolute atomic E-state index is 0.0874. The van der Waals surface area contributed by atoms with E-state index in [-0.39, 0.29) is 5.56 Å². The SMILES string of the molecule is CCc1nn(C)c(C/C(=C/C(C)=N)Nc2ccc(F)cc2C(=O)OC)c1Br. The smallest absolute Gasteiger partial charge is 0.340 e. The molecule has 144 valence electrons. The van der Waals surface area contributed by atoms with Gasteiger partial charge in [-0.25, -0.2) is 9.18 Å². The number of ether oxygens (including phenoxy) is 1. The fourth-order valence-corrected chi connectivity index (χ4v) is 3.42. The summed E-state index contributed by atoms with van der Waals surface area (Å²) in [6.07, 6.45) is 2.89. The van der Waals surface area contributed by atoms with E-state index in [0.717, 1.165) is 28.3 Å². The second kappa shape index (κ2) is 8.94. The molecule has 27 heavy (non-hydrogen) atoms. The Kier molecular flexibility index (Phi) is 6.90. The van der Waals surface area contributed by atoms with Crippen LogP contribution in [0.25, 0.3) is 0 Å². The first-order valence-corrected chi connectivity index (χ1v) is 9.17. The quantitative estimate of drug-likeness (QED) is 0.502. The second-order valence-electron chi connectivity index (χ2n) is 6.02. The topological polar surface area (TPSA) is 80.0 Å². The molecule has 0 saturated heterocycles. The summed E-state index contributed by atoms with van der Waals surface area (Å²) in [6, 6.07) is 3.86. The Morgan fingerprint density at radius 3 is 2.74 bits per heavy atom.